The molecule has 98 valence electrons. The van der Waals surface area contributed by atoms with Crippen LogP contribution in [0.25, 0.3) is 10.9 Å². The Kier molecular flexibility index (Phi) is 3.32. The minimum absolute atomic E-state index is 0.594. The summed E-state index contributed by atoms with van der Waals surface area (Å²) >= 11 is 6.12. The van der Waals surface area contributed by atoms with E-state index >= 15 is 0 Å². The van der Waals surface area contributed by atoms with Gasteiger partial charge in [0.15, 0.2) is 0 Å². The smallest absolute Gasteiger partial charge is 0.0992 e. The Morgan fingerprint density at radius 1 is 1.15 bits per heavy atom. The number of halogens is 1. The number of aromatic amines is 1. The first-order chi connectivity index (χ1) is 9.76. The summed E-state index contributed by atoms with van der Waals surface area (Å²) in [5, 5.41) is 14.0. The number of nitriles is 1. The molecule has 0 amide bonds. The van der Waals surface area contributed by atoms with Crippen LogP contribution in [0.2, 0.25) is 5.02 Å². The molecule has 0 bridgehead atoms. The van der Waals surface area contributed by atoms with E-state index in [1.165, 1.54) is 5.39 Å². The molecule has 2 aromatic carbocycles. The van der Waals surface area contributed by atoms with Gasteiger partial charge in [-0.15, -0.1) is 0 Å². The number of nitrogens with one attached hydrogen (secondary N) is 2. The second-order valence-electron chi connectivity index (χ2n) is 4.56. The van der Waals surface area contributed by atoms with Gasteiger partial charge >= 0.3 is 0 Å². The molecule has 0 radical (unpaired) electrons. The highest BCUT2D eigenvalue weighted by Gasteiger charge is 2.03. The van der Waals surface area contributed by atoms with Gasteiger partial charge in [0.25, 0.3) is 0 Å². The van der Waals surface area contributed by atoms with E-state index in [0.717, 1.165) is 16.8 Å². The van der Waals surface area contributed by atoms with Crippen molar-refractivity contribution in [1.82, 2.24) is 4.98 Å². The zero-order valence-electron chi connectivity index (χ0n) is 10.7. The van der Waals surface area contributed by atoms with Crippen LogP contribution in [0, 0.1) is 11.3 Å². The predicted octanol–water partition coefficient (Wildman–Crippen LogP) is 4.31. The van der Waals surface area contributed by atoms with Crippen LogP contribution in [0.15, 0.2) is 48.7 Å². The molecule has 3 aromatic rings. The first-order valence-electron chi connectivity index (χ1n) is 6.26. The lowest BCUT2D eigenvalue weighted by molar-refractivity contribution is 1.15. The number of fused-ring (bicyclic) bond motifs is 1. The van der Waals surface area contributed by atoms with E-state index in [1.807, 2.05) is 12.3 Å². The number of anilines is 1. The summed E-state index contributed by atoms with van der Waals surface area (Å²) in [6.07, 6.45) is 1.93. The van der Waals surface area contributed by atoms with Crippen molar-refractivity contribution in [3.05, 3.63) is 64.8 Å². The molecule has 0 saturated heterocycles. The predicted molar refractivity (Wildman–Crippen MR) is 81.8 cm³/mol. The Balaban J connectivity index is 1.80. The van der Waals surface area contributed by atoms with Gasteiger partial charge in [0.2, 0.25) is 0 Å². The summed E-state index contributed by atoms with van der Waals surface area (Å²) in [5.74, 6) is 0. The molecule has 0 spiro atoms. The second-order valence-corrected chi connectivity index (χ2v) is 4.97. The van der Waals surface area contributed by atoms with E-state index in [4.69, 9.17) is 16.9 Å². The monoisotopic (exact) mass is 281 g/mol. The van der Waals surface area contributed by atoms with Crippen LogP contribution in [-0.2, 0) is 6.54 Å². The van der Waals surface area contributed by atoms with E-state index in [-0.39, 0.29) is 0 Å². The molecule has 1 aromatic heterocycles. The largest absolute Gasteiger partial charge is 0.380 e. The number of aromatic nitrogens is 1. The van der Waals surface area contributed by atoms with Crippen LogP contribution < -0.4 is 5.32 Å². The molecule has 0 aliphatic rings. The van der Waals surface area contributed by atoms with E-state index in [9.17, 15) is 0 Å². The lowest BCUT2D eigenvalue weighted by Crippen LogP contribution is -2.00. The quantitative estimate of drug-likeness (QED) is 0.752. The maximum absolute atomic E-state index is 8.91. The number of H-pyrrole nitrogens is 1. The molecule has 0 fully saturated rings. The Morgan fingerprint density at radius 3 is 2.90 bits per heavy atom. The number of benzene rings is 2. The van der Waals surface area contributed by atoms with Gasteiger partial charge in [0.05, 0.1) is 22.3 Å². The third kappa shape index (κ3) is 2.47. The molecule has 0 aliphatic heterocycles. The van der Waals surface area contributed by atoms with Crippen LogP contribution in [-0.4, -0.2) is 4.98 Å². The Hall–Kier alpha value is -2.44. The van der Waals surface area contributed by atoms with Gasteiger partial charge in [-0.05, 0) is 41.3 Å². The van der Waals surface area contributed by atoms with Crippen molar-refractivity contribution in [2.75, 3.05) is 5.32 Å². The molecule has 0 atom stereocenters. The molecular formula is C16H12ClN3. The molecule has 20 heavy (non-hydrogen) atoms. The highest BCUT2D eigenvalue weighted by atomic mass is 35.5. The molecule has 2 N–H and O–H groups in total. The Labute approximate surface area is 121 Å². The average Bonchev–Trinajstić information content (AvgIpc) is 2.94. The average molecular weight is 282 g/mol. The van der Waals surface area contributed by atoms with Gasteiger partial charge in [-0.1, -0.05) is 23.7 Å². The van der Waals surface area contributed by atoms with Gasteiger partial charge in [-0.25, -0.2) is 0 Å². The molecule has 0 unspecified atom stereocenters. The van der Waals surface area contributed by atoms with E-state index in [1.54, 1.807) is 18.2 Å². The highest BCUT2D eigenvalue weighted by molar-refractivity contribution is 6.33. The van der Waals surface area contributed by atoms with E-state index in [2.05, 4.69) is 34.6 Å². The van der Waals surface area contributed by atoms with Gasteiger partial charge in [0, 0.05) is 18.3 Å². The van der Waals surface area contributed by atoms with Gasteiger partial charge < -0.3 is 10.3 Å². The molecule has 3 nitrogen and oxygen atoms in total. The first-order valence-corrected chi connectivity index (χ1v) is 6.63. The fourth-order valence-corrected chi connectivity index (χ4v) is 2.32. The third-order valence-electron chi connectivity index (χ3n) is 3.20. The lowest BCUT2D eigenvalue weighted by Gasteiger charge is -2.09. The number of hydrogen-bond acceptors (Lipinski definition) is 2. The van der Waals surface area contributed by atoms with E-state index in [0.29, 0.717) is 17.1 Å². The molecule has 4 heteroatoms. The summed E-state index contributed by atoms with van der Waals surface area (Å²) in [7, 11) is 0. The molecule has 3 rings (SSSR count). The van der Waals surface area contributed by atoms with Crippen LogP contribution in [0.1, 0.15) is 11.1 Å². The summed E-state index contributed by atoms with van der Waals surface area (Å²) in [6, 6.07) is 15.6. The van der Waals surface area contributed by atoms with Crippen LogP contribution in [0.5, 0.6) is 0 Å². The standard InChI is InChI=1S/C16H12ClN3/c17-14-4-2-11(9-18)7-16(14)20-10-12-1-3-13-5-6-19-15(13)8-12/h1-8,19-20H,10H2. The number of hydrogen-bond donors (Lipinski definition) is 2. The fourth-order valence-electron chi connectivity index (χ4n) is 2.13. The summed E-state index contributed by atoms with van der Waals surface area (Å²) < 4.78 is 0. The van der Waals surface area contributed by atoms with Crippen LogP contribution >= 0.6 is 11.6 Å². The third-order valence-corrected chi connectivity index (χ3v) is 3.53. The SMILES string of the molecule is N#Cc1ccc(Cl)c(NCc2ccc3cc[nH]c3c2)c1. The maximum Gasteiger partial charge on any atom is 0.0992 e. The molecular weight excluding hydrogens is 270 g/mol. The van der Waals surface area contributed by atoms with Crippen molar-refractivity contribution >= 4 is 28.2 Å². The first kappa shape index (κ1) is 12.6. The number of nitrogens with zero attached hydrogens (tertiary/aromatic N) is 1. The topological polar surface area (TPSA) is 51.6 Å². The van der Waals surface area contributed by atoms with Crippen LogP contribution in [0.4, 0.5) is 5.69 Å². The van der Waals surface area contributed by atoms with Crippen molar-refractivity contribution in [3.63, 3.8) is 0 Å². The maximum atomic E-state index is 8.91. The Bertz CT molecular complexity index is 799. The van der Waals surface area contributed by atoms with E-state index < -0.39 is 0 Å². The highest BCUT2D eigenvalue weighted by Crippen LogP contribution is 2.24. The van der Waals surface area contributed by atoms with Crippen molar-refractivity contribution in [3.8, 4) is 6.07 Å². The van der Waals surface area contributed by atoms with Crippen molar-refractivity contribution in [2.45, 2.75) is 6.54 Å². The minimum atomic E-state index is 0.594. The molecule has 0 saturated carbocycles. The molecule has 0 aliphatic carbocycles. The van der Waals surface area contributed by atoms with Crippen molar-refractivity contribution < 1.29 is 0 Å². The van der Waals surface area contributed by atoms with Gasteiger partial charge in [0.1, 0.15) is 0 Å². The second kappa shape index (κ2) is 5.28. The van der Waals surface area contributed by atoms with Gasteiger partial charge in [-0.3, -0.25) is 0 Å². The summed E-state index contributed by atoms with van der Waals surface area (Å²) in [5.41, 5.74) is 3.63. The van der Waals surface area contributed by atoms with Gasteiger partial charge in [-0.2, -0.15) is 5.26 Å². The zero-order chi connectivity index (χ0) is 13.9. The summed E-state index contributed by atoms with van der Waals surface area (Å²) in [6.45, 7) is 0.656. The fraction of sp³-hybridized carbons (Fsp3) is 0.0625. The zero-order valence-corrected chi connectivity index (χ0v) is 11.4. The minimum Gasteiger partial charge on any atom is -0.380 e. The molecule has 1 heterocycles. The van der Waals surface area contributed by atoms with Crippen molar-refractivity contribution in [1.29, 1.82) is 5.26 Å². The van der Waals surface area contributed by atoms with Crippen LogP contribution in [0.3, 0.4) is 0 Å². The Morgan fingerprint density at radius 2 is 2.05 bits per heavy atom. The lowest BCUT2D eigenvalue weighted by atomic mass is 10.1. The summed E-state index contributed by atoms with van der Waals surface area (Å²) in [4.78, 5) is 3.19. The normalized spacial score (nSPS) is 10.4. The van der Waals surface area contributed by atoms with Crippen molar-refractivity contribution in [2.24, 2.45) is 0 Å². The number of rotatable bonds is 3.